The second-order valence-electron chi connectivity index (χ2n) is 11.0. The first kappa shape index (κ1) is 27.3. The lowest BCUT2D eigenvalue weighted by Gasteiger charge is -1.94. The second kappa shape index (κ2) is 11.3. The lowest BCUT2D eigenvalue weighted by Crippen LogP contribution is -1.72. The van der Waals surface area contributed by atoms with Crippen LogP contribution in [0.2, 0.25) is 0 Å². The molecule has 0 aliphatic heterocycles. The van der Waals surface area contributed by atoms with Crippen molar-refractivity contribution >= 4 is 89.8 Å². The monoisotopic (exact) mass is 614 g/mol. The van der Waals surface area contributed by atoms with Crippen molar-refractivity contribution in [1.29, 1.82) is 0 Å². The van der Waals surface area contributed by atoms with Crippen LogP contribution in [-0.4, -0.2) is 0 Å². The predicted octanol–water partition coefficient (Wildman–Crippen LogP) is 13.1. The molecule has 3 aromatic carbocycles. The molecule has 0 N–H and O–H groups in total. The molecule has 0 saturated heterocycles. The summed E-state index contributed by atoms with van der Waals surface area (Å²) in [5.41, 5.74) is 7.75. The highest BCUT2D eigenvalue weighted by molar-refractivity contribution is 7.27. The van der Waals surface area contributed by atoms with Crippen molar-refractivity contribution in [3.63, 3.8) is 0 Å². The molecule has 4 heteroatoms. The minimum absolute atomic E-state index is 1.24. The largest absolute Gasteiger partial charge is 0.135 e. The normalized spacial score (nSPS) is 12.1. The van der Waals surface area contributed by atoms with Gasteiger partial charge in [0.15, 0.2) is 0 Å². The summed E-state index contributed by atoms with van der Waals surface area (Å²) in [5.74, 6) is 0. The van der Waals surface area contributed by atoms with E-state index in [1.54, 1.807) is 0 Å². The van der Waals surface area contributed by atoms with E-state index in [1.165, 1.54) is 82.8 Å². The number of hydrogen-bond donors (Lipinski definition) is 0. The molecule has 4 aromatic heterocycles. The molecular weight excluding hydrogens is 585 g/mol. The molecule has 0 fully saturated rings. The van der Waals surface area contributed by atoms with Gasteiger partial charge in [-0.25, -0.2) is 0 Å². The summed E-state index contributed by atoms with van der Waals surface area (Å²) < 4.78 is 2.71. The van der Waals surface area contributed by atoms with Crippen LogP contribution in [0.1, 0.15) is 43.1 Å². The highest BCUT2D eigenvalue weighted by atomic mass is 32.1. The minimum atomic E-state index is 1.24. The molecule has 0 saturated carbocycles. The van der Waals surface area contributed by atoms with Gasteiger partial charge in [0.2, 0.25) is 0 Å². The zero-order valence-electron chi connectivity index (χ0n) is 24.0. The van der Waals surface area contributed by atoms with Crippen LogP contribution in [-0.2, 0) is 0 Å². The van der Waals surface area contributed by atoms with Gasteiger partial charge in [0.05, 0.1) is 0 Å². The topological polar surface area (TPSA) is 0 Å². The third kappa shape index (κ3) is 5.60. The fraction of sp³-hybridized carbons (Fsp3) is 0.105. The number of fused-ring (bicyclic) bond motifs is 2. The van der Waals surface area contributed by atoms with E-state index >= 15 is 0 Å². The average molecular weight is 615 g/mol. The van der Waals surface area contributed by atoms with Crippen LogP contribution in [0.3, 0.4) is 0 Å². The zero-order chi connectivity index (χ0) is 28.8. The number of hydrogen-bond acceptors (Lipinski definition) is 4. The second-order valence-corrected chi connectivity index (χ2v) is 15.3. The van der Waals surface area contributed by atoms with Crippen molar-refractivity contribution in [2.45, 2.75) is 27.7 Å². The quantitative estimate of drug-likeness (QED) is 0.175. The Balaban J connectivity index is 1.14. The van der Waals surface area contributed by atoms with Gasteiger partial charge in [0.1, 0.15) is 0 Å². The lowest BCUT2D eigenvalue weighted by atomic mass is 10.1. The summed E-state index contributed by atoms with van der Waals surface area (Å²) in [7, 11) is 0. The smallest absolute Gasteiger partial charge is 0.0478 e. The SMILES string of the molecule is Cc1ccc(C=Cc2cc(C)c(-c3cc4cc5sc(-c6sc(C=Cc7ccc(C)cc7)cc6C)cc5cc4s3)s2)cc1. The standard InChI is InChI=1S/C38H30S4/c1-23-5-9-27(10-6-23)13-15-31-17-25(3)37(39-31)35-21-29-19-34-30(20-33(29)41-35)22-36(42-34)38-26(4)18-32(40-38)16-14-28-11-7-24(2)8-12-28/h5-22H,1-4H3. The third-order valence-corrected chi connectivity index (χ3v) is 12.5. The van der Waals surface area contributed by atoms with Crippen molar-refractivity contribution in [2.75, 3.05) is 0 Å². The Labute approximate surface area is 263 Å². The van der Waals surface area contributed by atoms with Crippen molar-refractivity contribution < 1.29 is 0 Å². The van der Waals surface area contributed by atoms with Crippen LogP contribution in [0.15, 0.2) is 84.9 Å². The molecule has 206 valence electrons. The highest BCUT2D eigenvalue weighted by Crippen LogP contribution is 2.45. The molecule has 4 heterocycles. The van der Waals surface area contributed by atoms with Crippen LogP contribution in [0, 0.1) is 27.7 Å². The number of benzene rings is 3. The van der Waals surface area contributed by atoms with Crippen molar-refractivity contribution in [3.8, 4) is 19.5 Å². The van der Waals surface area contributed by atoms with Crippen molar-refractivity contribution in [3.05, 3.63) is 128 Å². The maximum absolute atomic E-state index is 2.39. The number of rotatable bonds is 6. The van der Waals surface area contributed by atoms with E-state index in [4.69, 9.17) is 0 Å². The molecule has 0 amide bonds. The molecule has 0 nitrogen and oxygen atoms in total. The molecule has 0 atom stereocenters. The van der Waals surface area contributed by atoms with E-state index in [0.717, 1.165) is 0 Å². The Hall–Kier alpha value is -3.54. The Bertz CT molecular complexity index is 1900. The first-order valence-electron chi connectivity index (χ1n) is 14.1. The van der Waals surface area contributed by atoms with E-state index in [1.807, 2.05) is 45.3 Å². The van der Waals surface area contributed by atoms with Crippen LogP contribution >= 0.6 is 45.3 Å². The Morgan fingerprint density at radius 3 is 1.24 bits per heavy atom. The fourth-order valence-electron chi connectivity index (χ4n) is 5.17. The highest BCUT2D eigenvalue weighted by Gasteiger charge is 2.14. The molecule has 7 aromatic rings. The number of aryl methyl sites for hydroxylation is 4. The summed E-state index contributed by atoms with van der Waals surface area (Å²) >= 11 is 7.59. The van der Waals surface area contributed by atoms with Gasteiger partial charge < -0.3 is 0 Å². The Kier molecular flexibility index (Phi) is 7.33. The van der Waals surface area contributed by atoms with Crippen LogP contribution in [0.4, 0.5) is 0 Å². The fourth-order valence-corrected chi connectivity index (χ4v) is 9.84. The first-order valence-corrected chi connectivity index (χ1v) is 17.3. The summed E-state index contributed by atoms with van der Waals surface area (Å²) in [6.45, 7) is 8.72. The molecular formula is C38H30S4. The maximum atomic E-state index is 2.39. The molecule has 0 spiro atoms. The van der Waals surface area contributed by atoms with Crippen molar-refractivity contribution in [1.82, 2.24) is 0 Å². The molecule has 0 radical (unpaired) electrons. The van der Waals surface area contributed by atoms with Gasteiger partial charge in [-0.15, -0.1) is 45.3 Å². The molecule has 0 aliphatic carbocycles. The average Bonchev–Trinajstić information content (AvgIpc) is 3.75. The first-order chi connectivity index (χ1) is 20.4. The van der Waals surface area contributed by atoms with E-state index in [0.29, 0.717) is 0 Å². The van der Waals surface area contributed by atoms with E-state index in [9.17, 15) is 0 Å². The molecule has 0 aliphatic rings. The van der Waals surface area contributed by atoms with Crippen LogP contribution in [0.5, 0.6) is 0 Å². The van der Waals surface area contributed by atoms with E-state index < -0.39 is 0 Å². The maximum Gasteiger partial charge on any atom is 0.0478 e. The molecule has 7 rings (SSSR count). The summed E-state index contributed by atoms with van der Waals surface area (Å²) in [5, 5.41) is 2.68. The Morgan fingerprint density at radius 2 is 0.833 bits per heavy atom. The van der Waals surface area contributed by atoms with Gasteiger partial charge in [-0.05, 0) is 109 Å². The minimum Gasteiger partial charge on any atom is -0.135 e. The third-order valence-electron chi connectivity index (χ3n) is 7.51. The Morgan fingerprint density at radius 1 is 0.429 bits per heavy atom. The lowest BCUT2D eigenvalue weighted by molar-refractivity contribution is 1.46. The molecule has 42 heavy (non-hydrogen) atoms. The molecule has 0 unspecified atom stereocenters. The van der Waals surface area contributed by atoms with E-state index in [-0.39, 0.29) is 0 Å². The van der Waals surface area contributed by atoms with Gasteiger partial charge in [0, 0.05) is 38.7 Å². The zero-order valence-corrected chi connectivity index (χ0v) is 27.3. The van der Waals surface area contributed by atoms with Gasteiger partial charge in [-0.2, -0.15) is 0 Å². The van der Waals surface area contributed by atoms with Crippen molar-refractivity contribution in [2.24, 2.45) is 0 Å². The van der Waals surface area contributed by atoms with E-state index in [2.05, 4.69) is 137 Å². The summed E-state index contributed by atoms with van der Waals surface area (Å²) in [4.78, 5) is 8.07. The predicted molar refractivity (Wildman–Crippen MR) is 194 cm³/mol. The molecule has 0 bridgehead atoms. The van der Waals surface area contributed by atoms with Crippen LogP contribution in [0.25, 0.3) is 64.0 Å². The summed E-state index contributed by atoms with van der Waals surface area (Å²) in [6.07, 6.45) is 8.91. The summed E-state index contributed by atoms with van der Waals surface area (Å²) in [6, 6.07) is 31.6. The van der Waals surface area contributed by atoms with Gasteiger partial charge in [-0.1, -0.05) is 71.8 Å². The van der Waals surface area contributed by atoms with Crippen LogP contribution < -0.4 is 0 Å². The van der Waals surface area contributed by atoms with Gasteiger partial charge in [-0.3, -0.25) is 0 Å². The van der Waals surface area contributed by atoms with Gasteiger partial charge >= 0.3 is 0 Å². The van der Waals surface area contributed by atoms with Gasteiger partial charge in [0.25, 0.3) is 0 Å². The number of thiophene rings is 4.